The summed E-state index contributed by atoms with van der Waals surface area (Å²) in [6.07, 6.45) is -10.3. The van der Waals surface area contributed by atoms with Gasteiger partial charge in [-0.3, -0.25) is 0 Å². The van der Waals surface area contributed by atoms with Crippen LogP contribution in [0.5, 0.6) is 0 Å². The van der Waals surface area contributed by atoms with Crippen molar-refractivity contribution in [1.29, 1.82) is 0 Å². The molecule has 0 aliphatic carbocycles. The lowest BCUT2D eigenvalue weighted by Gasteiger charge is -2.10. The van der Waals surface area contributed by atoms with Crippen molar-refractivity contribution in [2.45, 2.75) is 12.4 Å². The minimum absolute atomic E-state index is 2.05. The van der Waals surface area contributed by atoms with E-state index in [9.17, 15) is 35.9 Å². The fourth-order valence-electron chi connectivity index (χ4n) is 0.408. The Labute approximate surface area is 95.4 Å². The van der Waals surface area contributed by atoms with Gasteiger partial charge < -0.3 is 0 Å². The minimum atomic E-state index is -5.16. The van der Waals surface area contributed by atoms with Crippen molar-refractivity contribution in [2.24, 2.45) is 0 Å². The third-order valence-corrected chi connectivity index (χ3v) is 1.37. The Morgan fingerprint density at radius 3 is 1.11 bits per heavy atom. The summed E-state index contributed by atoms with van der Waals surface area (Å²) in [5.74, 6) is -4.49. The molecule has 18 heavy (non-hydrogen) atoms. The molecule has 0 saturated carbocycles. The van der Waals surface area contributed by atoms with Crippen LogP contribution in [0, 0.1) is 0 Å². The van der Waals surface area contributed by atoms with Gasteiger partial charge in [-0.05, 0) is 0 Å². The van der Waals surface area contributed by atoms with Crippen molar-refractivity contribution in [3.05, 3.63) is 24.3 Å². The lowest BCUT2D eigenvalue weighted by molar-refractivity contribution is -0.258. The topological polar surface area (TPSA) is 52.6 Å². The largest absolute Gasteiger partial charge is 0.422 e. The van der Waals surface area contributed by atoms with E-state index in [-0.39, 0.29) is 0 Å². The van der Waals surface area contributed by atoms with Crippen LogP contribution in [0.4, 0.5) is 26.3 Å². The standard InChI is InChI=1S/C8H4F6O4/c1-3(7(9,10)11)5(15)17-18-6(16)4(2)8(12,13)14/h1-2H2. The number of carbonyl (C=O) groups is 2. The summed E-state index contributed by atoms with van der Waals surface area (Å²) in [6.45, 7) is 4.52. The van der Waals surface area contributed by atoms with Gasteiger partial charge in [0.1, 0.15) is 11.1 Å². The lowest BCUT2D eigenvalue weighted by atomic mass is 10.3. The average molecular weight is 278 g/mol. The Hall–Kier alpha value is -2.00. The molecule has 0 fully saturated rings. The molecule has 102 valence electrons. The molecule has 0 unspecified atom stereocenters. The molecule has 0 atom stereocenters. The molecule has 0 saturated heterocycles. The van der Waals surface area contributed by atoms with Gasteiger partial charge in [-0.1, -0.05) is 13.2 Å². The molecule has 0 heterocycles. The van der Waals surface area contributed by atoms with Gasteiger partial charge in [-0.15, -0.1) is 0 Å². The summed E-state index contributed by atoms with van der Waals surface area (Å²) < 4.78 is 71.0. The highest BCUT2D eigenvalue weighted by molar-refractivity contribution is 5.92. The molecule has 0 aromatic carbocycles. The Kier molecular flexibility index (Phi) is 4.54. The second-order valence-corrected chi connectivity index (χ2v) is 2.69. The number of halogens is 6. The van der Waals surface area contributed by atoms with E-state index in [2.05, 4.69) is 22.9 Å². The molecule has 0 radical (unpaired) electrons. The predicted octanol–water partition coefficient (Wildman–Crippen LogP) is 2.22. The highest BCUT2D eigenvalue weighted by Gasteiger charge is 2.41. The number of alkyl halides is 6. The van der Waals surface area contributed by atoms with Crippen LogP contribution in [0.2, 0.25) is 0 Å². The summed E-state index contributed by atoms with van der Waals surface area (Å²) >= 11 is 0. The zero-order valence-electron chi connectivity index (χ0n) is 8.31. The van der Waals surface area contributed by atoms with Crippen molar-refractivity contribution < 1.29 is 45.7 Å². The van der Waals surface area contributed by atoms with Gasteiger partial charge in [-0.2, -0.15) is 26.3 Å². The molecule has 0 spiro atoms. The summed E-state index contributed by atoms with van der Waals surface area (Å²) in [5.41, 5.74) is -4.10. The molecular weight excluding hydrogens is 274 g/mol. The van der Waals surface area contributed by atoms with Gasteiger partial charge in [0.15, 0.2) is 0 Å². The van der Waals surface area contributed by atoms with Crippen molar-refractivity contribution in [3.8, 4) is 0 Å². The lowest BCUT2D eigenvalue weighted by Crippen LogP contribution is -2.25. The number of hydrogen-bond acceptors (Lipinski definition) is 4. The summed E-state index contributed by atoms with van der Waals surface area (Å²) in [7, 11) is 0. The molecule has 0 aromatic heterocycles. The van der Waals surface area contributed by atoms with Crippen LogP contribution in [-0.4, -0.2) is 24.3 Å². The first kappa shape index (κ1) is 16.0. The van der Waals surface area contributed by atoms with E-state index in [1.54, 1.807) is 0 Å². The molecule has 4 nitrogen and oxygen atoms in total. The van der Waals surface area contributed by atoms with Gasteiger partial charge in [0.2, 0.25) is 0 Å². The Balaban J connectivity index is 4.45. The van der Waals surface area contributed by atoms with E-state index in [4.69, 9.17) is 0 Å². The van der Waals surface area contributed by atoms with Crippen LogP contribution in [0.3, 0.4) is 0 Å². The molecule has 0 amide bonds. The van der Waals surface area contributed by atoms with E-state index in [1.165, 1.54) is 0 Å². The first-order valence-corrected chi connectivity index (χ1v) is 3.82. The maximum absolute atomic E-state index is 11.8. The van der Waals surface area contributed by atoms with Gasteiger partial charge >= 0.3 is 24.3 Å². The second kappa shape index (κ2) is 5.10. The number of carbonyl (C=O) groups excluding carboxylic acids is 2. The Morgan fingerprint density at radius 1 is 0.722 bits per heavy atom. The fourth-order valence-corrected chi connectivity index (χ4v) is 0.408. The van der Waals surface area contributed by atoms with Crippen LogP contribution in [0.1, 0.15) is 0 Å². The maximum atomic E-state index is 11.8. The van der Waals surface area contributed by atoms with Gasteiger partial charge in [0.25, 0.3) is 0 Å². The van der Waals surface area contributed by atoms with Crippen LogP contribution in [-0.2, 0) is 19.4 Å². The first-order valence-electron chi connectivity index (χ1n) is 3.82. The molecule has 0 aromatic rings. The molecule has 0 aliphatic rings. The zero-order valence-corrected chi connectivity index (χ0v) is 8.31. The predicted molar refractivity (Wildman–Crippen MR) is 42.6 cm³/mol. The molecule has 0 N–H and O–H groups in total. The highest BCUT2D eigenvalue weighted by atomic mass is 19.4. The molecule has 0 aliphatic heterocycles. The van der Waals surface area contributed by atoms with Crippen LogP contribution >= 0.6 is 0 Å². The Bertz CT molecular complexity index is 353. The van der Waals surface area contributed by atoms with Gasteiger partial charge in [0, 0.05) is 0 Å². The van der Waals surface area contributed by atoms with Crippen LogP contribution in [0.25, 0.3) is 0 Å². The number of hydrogen-bond donors (Lipinski definition) is 0. The van der Waals surface area contributed by atoms with E-state index in [0.29, 0.717) is 0 Å². The molecule has 0 rings (SSSR count). The maximum Gasteiger partial charge on any atom is 0.422 e. The summed E-state index contributed by atoms with van der Waals surface area (Å²) in [4.78, 5) is 27.6. The first-order chi connectivity index (χ1) is 7.87. The van der Waals surface area contributed by atoms with Crippen molar-refractivity contribution in [3.63, 3.8) is 0 Å². The molecule has 0 bridgehead atoms. The van der Waals surface area contributed by atoms with Crippen LogP contribution < -0.4 is 0 Å². The normalized spacial score (nSPS) is 11.7. The van der Waals surface area contributed by atoms with E-state index in [1.807, 2.05) is 0 Å². The Morgan fingerprint density at radius 2 is 0.944 bits per heavy atom. The van der Waals surface area contributed by atoms with Crippen molar-refractivity contribution in [1.82, 2.24) is 0 Å². The third kappa shape index (κ3) is 4.47. The molecular formula is C8H4F6O4. The van der Waals surface area contributed by atoms with Crippen LogP contribution in [0.15, 0.2) is 24.3 Å². The van der Waals surface area contributed by atoms with Crippen molar-refractivity contribution in [2.75, 3.05) is 0 Å². The smallest absolute Gasteiger partial charge is 0.242 e. The van der Waals surface area contributed by atoms with Gasteiger partial charge in [-0.25, -0.2) is 19.4 Å². The van der Waals surface area contributed by atoms with E-state index in [0.717, 1.165) is 0 Å². The van der Waals surface area contributed by atoms with Crippen molar-refractivity contribution >= 4 is 11.9 Å². The average Bonchev–Trinajstić information content (AvgIpc) is 2.20. The summed E-state index contributed by atoms with van der Waals surface area (Å²) in [6, 6.07) is 0. The quantitative estimate of drug-likeness (QED) is 0.336. The van der Waals surface area contributed by atoms with Gasteiger partial charge in [0.05, 0.1) is 0 Å². The summed E-state index contributed by atoms with van der Waals surface area (Å²) in [5, 5.41) is 0. The zero-order chi connectivity index (χ0) is 14.7. The molecule has 10 heteroatoms. The fraction of sp³-hybridized carbons (Fsp3) is 0.250. The minimum Gasteiger partial charge on any atom is -0.242 e. The highest BCUT2D eigenvalue weighted by Crippen LogP contribution is 2.26. The number of rotatable bonds is 2. The third-order valence-electron chi connectivity index (χ3n) is 1.37. The SMILES string of the molecule is C=C(C(=O)OOC(=O)C(=C)C(F)(F)F)C(F)(F)F. The monoisotopic (exact) mass is 278 g/mol. The van der Waals surface area contributed by atoms with E-state index >= 15 is 0 Å². The second-order valence-electron chi connectivity index (χ2n) is 2.69. The van der Waals surface area contributed by atoms with E-state index < -0.39 is 35.4 Å².